The van der Waals surface area contributed by atoms with Crippen molar-refractivity contribution in [2.24, 2.45) is 4.99 Å². The number of benzene rings is 2. The summed E-state index contributed by atoms with van der Waals surface area (Å²) in [7, 11) is -2.02. The molecule has 0 saturated carbocycles. The van der Waals surface area contributed by atoms with Crippen LogP contribution in [0.5, 0.6) is 0 Å². The van der Waals surface area contributed by atoms with Gasteiger partial charge in [-0.1, -0.05) is 24.3 Å². The molecular weight excluding hydrogens is 519 g/mol. The third-order valence-electron chi connectivity index (χ3n) is 4.16. The van der Waals surface area contributed by atoms with Crippen LogP contribution in [-0.2, 0) is 23.1 Å². The number of aliphatic imine (C=N–C) groups is 1. The lowest BCUT2D eigenvalue weighted by molar-refractivity contribution is 0.588. The fourth-order valence-corrected chi connectivity index (χ4v) is 4.02. The normalized spacial score (nSPS) is 11.7. The number of halogens is 1. The summed E-state index contributed by atoms with van der Waals surface area (Å²) in [6.07, 6.45) is 2.08. The van der Waals surface area contributed by atoms with Gasteiger partial charge < -0.3 is 10.6 Å². The molecule has 0 bridgehead atoms. The van der Waals surface area contributed by atoms with Crippen molar-refractivity contribution in [2.75, 3.05) is 19.8 Å². The van der Waals surface area contributed by atoms with Crippen LogP contribution in [0.15, 0.2) is 57.2 Å². The number of hydrogen-bond acceptors (Lipinski definition) is 4. The molecule has 0 aliphatic rings. The standard InChI is InChI=1S/C20H28N4O2S2.HI/c1-5-22-20(24-14-17-9-6-15(2)12-19(17)27-4)23-13-16-7-10-18(11-8-16)28(25,26)21-3;/h6-12,21H,5,13-14H2,1-4H3,(H2,22,23,24);1H. The average Bonchev–Trinajstić information content (AvgIpc) is 2.71. The Balaban J connectivity index is 0.00000420. The minimum atomic E-state index is -3.42. The van der Waals surface area contributed by atoms with Crippen molar-refractivity contribution in [1.82, 2.24) is 15.4 Å². The maximum absolute atomic E-state index is 11.8. The number of hydrogen-bond donors (Lipinski definition) is 3. The number of thioether (sulfide) groups is 1. The third-order valence-corrected chi connectivity index (χ3v) is 6.41. The van der Waals surface area contributed by atoms with E-state index in [1.54, 1.807) is 36.0 Å². The highest BCUT2D eigenvalue weighted by molar-refractivity contribution is 14.0. The molecule has 160 valence electrons. The first-order valence-corrected chi connectivity index (χ1v) is 11.8. The van der Waals surface area contributed by atoms with Crippen LogP contribution in [-0.4, -0.2) is 34.2 Å². The maximum atomic E-state index is 11.8. The molecule has 0 aromatic heterocycles. The van der Waals surface area contributed by atoms with Crippen LogP contribution in [0.1, 0.15) is 23.6 Å². The number of sulfonamides is 1. The second kappa shape index (κ2) is 12.4. The Labute approximate surface area is 195 Å². The van der Waals surface area contributed by atoms with Crippen molar-refractivity contribution in [3.05, 3.63) is 59.2 Å². The molecule has 3 N–H and O–H groups in total. The molecule has 29 heavy (non-hydrogen) atoms. The summed E-state index contributed by atoms with van der Waals surface area (Å²) in [6.45, 7) is 6.01. The Hall–Kier alpha value is -1.30. The summed E-state index contributed by atoms with van der Waals surface area (Å²) in [6, 6.07) is 13.2. The van der Waals surface area contributed by atoms with E-state index in [0.29, 0.717) is 13.1 Å². The number of rotatable bonds is 8. The first kappa shape index (κ1) is 25.7. The quantitative estimate of drug-likeness (QED) is 0.204. The van der Waals surface area contributed by atoms with E-state index in [1.165, 1.54) is 23.1 Å². The Morgan fingerprint density at radius 2 is 1.79 bits per heavy atom. The molecule has 0 aliphatic carbocycles. The summed E-state index contributed by atoms with van der Waals surface area (Å²) >= 11 is 1.74. The summed E-state index contributed by atoms with van der Waals surface area (Å²) in [4.78, 5) is 6.11. The molecular formula is C20H29IN4O2S2. The highest BCUT2D eigenvalue weighted by Gasteiger charge is 2.10. The van der Waals surface area contributed by atoms with Gasteiger partial charge in [-0.05, 0) is 62.0 Å². The molecule has 0 fully saturated rings. The van der Waals surface area contributed by atoms with Gasteiger partial charge >= 0.3 is 0 Å². The summed E-state index contributed by atoms with van der Waals surface area (Å²) in [5, 5.41) is 6.61. The predicted octanol–water partition coefficient (Wildman–Crippen LogP) is 3.50. The first-order valence-electron chi connectivity index (χ1n) is 9.07. The van der Waals surface area contributed by atoms with Crippen molar-refractivity contribution in [1.29, 1.82) is 0 Å². The minimum Gasteiger partial charge on any atom is -0.357 e. The molecule has 0 radical (unpaired) electrons. The van der Waals surface area contributed by atoms with Crippen molar-refractivity contribution in [3.63, 3.8) is 0 Å². The maximum Gasteiger partial charge on any atom is 0.240 e. The van der Waals surface area contributed by atoms with E-state index in [2.05, 4.69) is 51.7 Å². The Morgan fingerprint density at radius 3 is 2.38 bits per heavy atom. The molecule has 0 unspecified atom stereocenters. The van der Waals surface area contributed by atoms with Crippen LogP contribution < -0.4 is 15.4 Å². The largest absolute Gasteiger partial charge is 0.357 e. The highest BCUT2D eigenvalue weighted by Crippen LogP contribution is 2.21. The van der Waals surface area contributed by atoms with Crippen LogP contribution in [0.25, 0.3) is 0 Å². The Bertz CT molecular complexity index is 917. The summed E-state index contributed by atoms with van der Waals surface area (Å²) in [5.74, 6) is 0.724. The van der Waals surface area contributed by atoms with Gasteiger partial charge in [-0.3, -0.25) is 0 Å². The molecule has 0 saturated heterocycles. The third kappa shape index (κ3) is 7.80. The SMILES string of the molecule is CCNC(=NCc1ccc(S(=O)(=O)NC)cc1)NCc1ccc(C)cc1SC.I. The highest BCUT2D eigenvalue weighted by atomic mass is 127. The van der Waals surface area contributed by atoms with E-state index in [9.17, 15) is 8.42 Å². The van der Waals surface area contributed by atoms with E-state index in [4.69, 9.17) is 0 Å². The van der Waals surface area contributed by atoms with E-state index in [0.717, 1.165) is 18.1 Å². The first-order chi connectivity index (χ1) is 13.4. The molecule has 9 heteroatoms. The number of guanidine groups is 1. The molecule has 0 atom stereocenters. The summed E-state index contributed by atoms with van der Waals surface area (Å²) in [5.41, 5.74) is 3.41. The minimum absolute atomic E-state index is 0. The fourth-order valence-electron chi connectivity index (χ4n) is 2.58. The number of nitrogens with one attached hydrogen (secondary N) is 3. The van der Waals surface area contributed by atoms with Crippen molar-refractivity contribution in [3.8, 4) is 0 Å². The van der Waals surface area contributed by atoms with Gasteiger partial charge in [-0.2, -0.15) is 0 Å². The average molecular weight is 549 g/mol. The van der Waals surface area contributed by atoms with Gasteiger partial charge in [0.05, 0.1) is 11.4 Å². The summed E-state index contributed by atoms with van der Waals surface area (Å²) < 4.78 is 25.9. The zero-order valence-corrected chi connectivity index (χ0v) is 21.1. The lowest BCUT2D eigenvalue weighted by atomic mass is 10.1. The molecule has 6 nitrogen and oxygen atoms in total. The topological polar surface area (TPSA) is 82.6 Å². The molecule has 2 rings (SSSR count). The molecule has 0 amide bonds. The van der Waals surface area contributed by atoms with Crippen molar-refractivity contribution >= 4 is 51.7 Å². The van der Waals surface area contributed by atoms with E-state index < -0.39 is 10.0 Å². The Morgan fingerprint density at radius 1 is 1.10 bits per heavy atom. The van der Waals surface area contributed by atoms with Gasteiger partial charge in [0.25, 0.3) is 0 Å². The second-order valence-corrected chi connectivity index (χ2v) is 8.95. The van der Waals surface area contributed by atoms with Crippen LogP contribution in [0, 0.1) is 6.92 Å². The van der Waals surface area contributed by atoms with Crippen LogP contribution in [0.3, 0.4) is 0 Å². The smallest absolute Gasteiger partial charge is 0.240 e. The second-order valence-electron chi connectivity index (χ2n) is 6.22. The van der Waals surface area contributed by atoms with Crippen LogP contribution >= 0.6 is 35.7 Å². The monoisotopic (exact) mass is 548 g/mol. The van der Waals surface area contributed by atoms with Gasteiger partial charge in [0.15, 0.2) is 5.96 Å². The van der Waals surface area contributed by atoms with Crippen LogP contribution in [0.2, 0.25) is 0 Å². The van der Waals surface area contributed by atoms with Crippen molar-refractivity contribution < 1.29 is 8.42 Å². The van der Waals surface area contributed by atoms with Gasteiger partial charge in [0, 0.05) is 18.0 Å². The number of aryl methyl sites for hydroxylation is 1. The van der Waals surface area contributed by atoms with Gasteiger partial charge in [0.1, 0.15) is 0 Å². The van der Waals surface area contributed by atoms with E-state index in [1.807, 2.05) is 6.92 Å². The van der Waals surface area contributed by atoms with Gasteiger partial charge in [-0.25, -0.2) is 18.1 Å². The lowest BCUT2D eigenvalue weighted by Gasteiger charge is -2.14. The molecule has 2 aromatic rings. The zero-order chi connectivity index (χ0) is 20.6. The Kier molecular flexibility index (Phi) is 11.0. The fraction of sp³-hybridized carbons (Fsp3) is 0.350. The lowest BCUT2D eigenvalue weighted by Crippen LogP contribution is -2.36. The zero-order valence-electron chi connectivity index (χ0n) is 17.2. The predicted molar refractivity (Wildman–Crippen MR) is 133 cm³/mol. The molecule has 0 aliphatic heterocycles. The van der Waals surface area contributed by atoms with E-state index in [-0.39, 0.29) is 28.9 Å². The van der Waals surface area contributed by atoms with E-state index >= 15 is 0 Å². The molecule has 0 heterocycles. The van der Waals surface area contributed by atoms with Crippen molar-refractivity contribution in [2.45, 2.75) is 36.7 Å². The van der Waals surface area contributed by atoms with Gasteiger partial charge in [-0.15, -0.1) is 35.7 Å². The number of nitrogens with zero attached hydrogens (tertiary/aromatic N) is 1. The van der Waals surface area contributed by atoms with Gasteiger partial charge in [0.2, 0.25) is 10.0 Å². The molecule has 0 spiro atoms. The van der Waals surface area contributed by atoms with Crippen LogP contribution in [0.4, 0.5) is 0 Å². The molecule has 2 aromatic carbocycles.